The zero-order valence-electron chi connectivity index (χ0n) is 15.8. The number of nitrogens with one attached hydrogen (secondary N) is 2. The van der Waals surface area contributed by atoms with E-state index in [1.807, 2.05) is 13.0 Å². The van der Waals surface area contributed by atoms with Crippen molar-refractivity contribution in [1.82, 2.24) is 4.98 Å². The molecule has 6 nitrogen and oxygen atoms in total. The Morgan fingerprint density at radius 3 is 2.48 bits per heavy atom. The summed E-state index contributed by atoms with van der Waals surface area (Å²) in [6, 6.07) is 4.89. The minimum absolute atomic E-state index is 0.0528. The van der Waals surface area contributed by atoms with E-state index >= 15 is 0 Å². The van der Waals surface area contributed by atoms with E-state index in [1.54, 1.807) is 6.07 Å². The number of fused-ring (bicyclic) bond motifs is 1. The number of allylic oxidation sites excluding steroid dienone is 2. The van der Waals surface area contributed by atoms with Crippen LogP contribution in [0.1, 0.15) is 48.6 Å². The molecule has 152 valence electrons. The molecule has 0 amide bonds. The number of hydrogen-bond donors (Lipinski definition) is 4. The van der Waals surface area contributed by atoms with Crippen LogP contribution >= 0.6 is 0 Å². The number of rotatable bonds is 7. The lowest BCUT2D eigenvalue weighted by molar-refractivity contribution is -0.0919. The first-order valence-electron chi connectivity index (χ1n) is 8.94. The van der Waals surface area contributed by atoms with Gasteiger partial charge in [0.15, 0.2) is 0 Å². The normalized spacial score (nSPS) is 12.4. The van der Waals surface area contributed by atoms with Gasteiger partial charge in [0.25, 0.3) is 0 Å². The highest BCUT2D eigenvalue weighted by molar-refractivity contribution is 6.11. The molecular weight excluding hydrogens is 381 g/mol. The van der Waals surface area contributed by atoms with Crippen LogP contribution in [0.2, 0.25) is 0 Å². The molecule has 6 N–H and O–H groups in total. The molecule has 0 spiro atoms. The van der Waals surface area contributed by atoms with Crippen LogP contribution in [0, 0.1) is 22.1 Å². The standard InChI is InChI=1S/C20H21F3N6/c1-2-3-4-5-11-6-13-14(9-25)17(27)12(8-24)7-16(13)29-18(11)15(10-26)19(28)20(21,22)23/h6-7,9-10,25-26H,2-5,27-28H2,1H3. The highest BCUT2D eigenvalue weighted by atomic mass is 19.4. The molecule has 0 bridgehead atoms. The molecule has 0 radical (unpaired) electrons. The maximum absolute atomic E-state index is 13.2. The van der Waals surface area contributed by atoms with Crippen molar-refractivity contribution >= 4 is 34.6 Å². The van der Waals surface area contributed by atoms with Gasteiger partial charge in [0.05, 0.1) is 22.5 Å². The van der Waals surface area contributed by atoms with Gasteiger partial charge in [0, 0.05) is 29.0 Å². The second-order valence-corrected chi connectivity index (χ2v) is 6.50. The van der Waals surface area contributed by atoms with Crippen molar-refractivity contribution in [3.8, 4) is 6.07 Å². The van der Waals surface area contributed by atoms with Gasteiger partial charge in [-0.15, -0.1) is 0 Å². The number of halogens is 3. The summed E-state index contributed by atoms with van der Waals surface area (Å²) in [5, 5.41) is 24.9. The van der Waals surface area contributed by atoms with Gasteiger partial charge in [0.2, 0.25) is 0 Å². The fourth-order valence-electron chi connectivity index (χ4n) is 3.06. The predicted octanol–water partition coefficient (Wildman–Crippen LogP) is 4.30. The first-order valence-corrected chi connectivity index (χ1v) is 8.94. The number of pyridine rings is 1. The summed E-state index contributed by atoms with van der Waals surface area (Å²) >= 11 is 0. The quantitative estimate of drug-likeness (QED) is 0.312. The van der Waals surface area contributed by atoms with Crippen molar-refractivity contribution in [3.63, 3.8) is 0 Å². The van der Waals surface area contributed by atoms with E-state index in [-0.39, 0.29) is 28.0 Å². The van der Waals surface area contributed by atoms with Crippen molar-refractivity contribution in [2.24, 2.45) is 5.73 Å². The van der Waals surface area contributed by atoms with Crippen LogP contribution < -0.4 is 11.5 Å². The van der Waals surface area contributed by atoms with Gasteiger partial charge in [-0.05, 0) is 30.5 Å². The van der Waals surface area contributed by atoms with Crippen LogP contribution in [0.15, 0.2) is 17.8 Å². The summed E-state index contributed by atoms with van der Waals surface area (Å²) in [6.45, 7) is 2.00. The Balaban J connectivity index is 2.90. The van der Waals surface area contributed by atoms with E-state index in [0.717, 1.165) is 19.1 Å². The topological polar surface area (TPSA) is 136 Å². The Bertz CT molecular complexity index is 1030. The van der Waals surface area contributed by atoms with Crippen molar-refractivity contribution in [3.05, 3.63) is 40.2 Å². The lowest BCUT2D eigenvalue weighted by atomic mass is 9.95. The van der Waals surface area contributed by atoms with Gasteiger partial charge in [-0.3, -0.25) is 0 Å². The largest absolute Gasteiger partial charge is 0.431 e. The minimum Gasteiger partial charge on any atom is -0.397 e. The lowest BCUT2D eigenvalue weighted by Crippen LogP contribution is -2.22. The number of aromatic nitrogens is 1. The van der Waals surface area contributed by atoms with Crippen molar-refractivity contribution in [1.29, 1.82) is 16.1 Å². The number of nitrogens with two attached hydrogens (primary N) is 2. The molecule has 0 atom stereocenters. The number of unbranched alkanes of at least 4 members (excludes halogenated alkanes) is 2. The number of nitrogen functional groups attached to an aromatic ring is 1. The van der Waals surface area contributed by atoms with E-state index in [2.05, 4.69) is 4.98 Å². The summed E-state index contributed by atoms with van der Waals surface area (Å²) < 4.78 is 39.6. The summed E-state index contributed by atoms with van der Waals surface area (Å²) in [5.74, 6) is 0. The van der Waals surface area contributed by atoms with Crippen LogP contribution in [0.5, 0.6) is 0 Å². The van der Waals surface area contributed by atoms with Crippen molar-refractivity contribution in [2.45, 2.75) is 38.8 Å². The average molecular weight is 402 g/mol. The highest BCUT2D eigenvalue weighted by Gasteiger charge is 2.35. The minimum atomic E-state index is -4.82. The number of alkyl halides is 3. The molecule has 0 unspecified atom stereocenters. The average Bonchev–Trinajstić information content (AvgIpc) is 2.68. The molecule has 9 heteroatoms. The molecule has 0 aliphatic rings. The number of nitrogens with zero attached hydrogens (tertiary/aromatic N) is 2. The van der Waals surface area contributed by atoms with Gasteiger partial charge >= 0.3 is 6.18 Å². The number of aryl methyl sites for hydroxylation is 1. The van der Waals surface area contributed by atoms with E-state index in [4.69, 9.17) is 22.3 Å². The second-order valence-electron chi connectivity index (χ2n) is 6.50. The molecule has 0 aliphatic heterocycles. The SMILES string of the molecule is CCCCCc1cc2c(C=N)c(N)c(C#N)cc2nc1C(C=N)=C(N)C(F)(F)F. The molecule has 1 aromatic carbocycles. The Kier molecular flexibility index (Phi) is 6.59. The number of hydrogen-bond acceptors (Lipinski definition) is 6. The molecule has 1 aromatic heterocycles. The van der Waals surface area contributed by atoms with Gasteiger partial charge in [0.1, 0.15) is 11.8 Å². The Hall–Kier alpha value is -3.41. The van der Waals surface area contributed by atoms with Crippen molar-refractivity contribution < 1.29 is 13.2 Å². The number of nitriles is 1. The molecule has 29 heavy (non-hydrogen) atoms. The van der Waals surface area contributed by atoms with E-state index in [1.165, 1.54) is 6.07 Å². The zero-order chi connectivity index (χ0) is 21.8. The molecular formula is C20H21F3N6. The molecule has 2 rings (SSSR count). The Morgan fingerprint density at radius 1 is 1.28 bits per heavy atom. The third-order valence-corrected chi connectivity index (χ3v) is 4.59. The van der Waals surface area contributed by atoms with Crippen LogP contribution in [0.4, 0.5) is 18.9 Å². The van der Waals surface area contributed by atoms with Crippen molar-refractivity contribution in [2.75, 3.05) is 5.73 Å². The zero-order valence-corrected chi connectivity index (χ0v) is 15.8. The first kappa shape index (κ1) is 21.9. The Morgan fingerprint density at radius 2 is 1.97 bits per heavy atom. The summed E-state index contributed by atoms with van der Waals surface area (Å²) in [6.07, 6.45) is -0.371. The number of benzene rings is 1. The summed E-state index contributed by atoms with van der Waals surface area (Å²) in [5.41, 5.74) is 10.4. The third-order valence-electron chi connectivity index (χ3n) is 4.59. The van der Waals surface area contributed by atoms with Gasteiger partial charge in [-0.25, -0.2) is 4.98 Å². The van der Waals surface area contributed by atoms with E-state index in [9.17, 15) is 18.4 Å². The lowest BCUT2D eigenvalue weighted by Gasteiger charge is -2.16. The molecule has 0 saturated carbocycles. The molecule has 1 heterocycles. The fourth-order valence-corrected chi connectivity index (χ4v) is 3.06. The van der Waals surface area contributed by atoms with Gasteiger partial charge < -0.3 is 22.3 Å². The maximum Gasteiger partial charge on any atom is 0.431 e. The van der Waals surface area contributed by atoms with E-state index < -0.39 is 17.4 Å². The van der Waals surface area contributed by atoms with Crippen LogP contribution in [-0.4, -0.2) is 23.6 Å². The fraction of sp³-hybridized carbons (Fsp3) is 0.300. The molecule has 2 aromatic rings. The first-order chi connectivity index (χ1) is 13.7. The molecule has 0 saturated heterocycles. The molecule has 0 aliphatic carbocycles. The highest BCUT2D eigenvalue weighted by Crippen LogP contribution is 2.33. The van der Waals surface area contributed by atoms with Crippen LogP contribution in [-0.2, 0) is 6.42 Å². The smallest absolute Gasteiger partial charge is 0.397 e. The van der Waals surface area contributed by atoms with Crippen LogP contribution in [0.3, 0.4) is 0 Å². The Labute approximate surface area is 166 Å². The predicted molar refractivity (Wildman–Crippen MR) is 108 cm³/mol. The monoisotopic (exact) mass is 402 g/mol. The maximum atomic E-state index is 13.2. The van der Waals surface area contributed by atoms with Crippen LogP contribution in [0.25, 0.3) is 16.5 Å². The summed E-state index contributed by atoms with van der Waals surface area (Å²) in [7, 11) is 0. The number of anilines is 1. The molecule has 0 fully saturated rings. The second kappa shape index (κ2) is 8.73. The van der Waals surface area contributed by atoms with Gasteiger partial charge in [-0.1, -0.05) is 19.8 Å². The van der Waals surface area contributed by atoms with E-state index in [0.29, 0.717) is 30.0 Å². The summed E-state index contributed by atoms with van der Waals surface area (Å²) in [4.78, 5) is 4.32. The third kappa shape index (κ3) is 4.37. The van der Waals surface area contributed by atoms with Gasteiger partial charge in [-0.2, -0.15) is 18.4 Å².